The SMILES string of the molecule is C=CC(NCCO)n1c2c(c3ccccc3c1=O)C(=O)c1ccccc1-2. The molecule has 5 heteroatoms. The third-order valence-corrected chi connectivity index (χ3v) is 4.74. The van der Waals surface area contributed by atoms with Gasteiger partial charge in [0.2, 0.25) is 0 Å². The number of pyridine rings is 1. The predicted molar refractivity (Wildman–Crippen MR) is 101 cm³/mol. The molecule has 1 unspecified atom stereocenters. The Bertz CT molecular complexity index is 1100. The zero-order chi connectivity index (χ0) is 18.3. The lowest BCUT2D eigenvalue weighted by Crippen LogP contribution is -2.36. The molecule has 4 rings (SSSR count). The number of hydrogen-bond donors (Lipinski definition) is 2. The molecule has 0 saturated heterocycles. The van der Waals surface area contributed by atoms with Crippen molar-refractivity contribution in [2.24, 2.45) is 0 Å². The number of aromatic nitrogens is 1. The van der Waals surface area contributed by atoms with Crippen molar-refractivity contribution in [1.82, 2.24) is 9.88 Å². The summed E-state index contributed by atoms with van der Waals surface area (Å²) in [6.07, 6.45) is 1.07. The summed E-state index contributed by atoms with van der Waals surface area (Å²) in [6.45, 7) is 4.06. The molecule has 0 amide bonds. The van der Waals surface area contributed by atoms with Crippen LogP contribution < -0.4 is 10.9 Å². The predicted octanol–water partition coefficient (Wildman–Crippen LogP) is 2.48. The molecule has 1 aliphatic rings. The van der Waals surface area contributed by atoms with Crippen LogP contribution in [0.1, 0.15) is 22.1 Å². The minimum absolute atomic E-state index is 0.0651. The number of nitrogens with zero attached hydrogens (tertiary/aromatic N) is 1. The van der Waals surface area contributed by atoms with Gasteiger partial charge in [-0.15, -0.1) is 0 Å². The first-order chi connectivity index (χ1) is 12.7. The summed E-state index contributed by atoms with van der Waals surface area (Å²) in [5.41, 5.74) is 2.29. The molecule has 2 aromatic carbocycles. The smallest absolute Gasteiger partial charge is 0.260 e. The maximum absolute atomic E-state index is 13.3. The lowest BCUT2D eigenvalue weighted by atomic mass is 10.0. The van der Waals surface area contributed by atoms with Crippen LogP contribution in [0.15, 0.2) is 66.0 Å². The number of carbonyl (C=O) groups excluding carboxylic acids is 1. The number of hydrogen-bond acceptors (Lipinski definition) is 4. The van der Waals surface area contributed by atoms with E-state index < -0.39 is 6.17 Å². The summed E-state index contributed by atoms with van der Waals surface area (Å²) in [4.78, 5) is 26.4. The Hall–Kier alpha value is -3.02. The van der Waals surface area contributed by atoms with Crippen LogP contribution in [0.4, 0.5) is 0 Å². The molecule has 0 saturated carbocycles. The number of nitrogens with one attached hydrogen (secondary N) is 1. The van der Waals surface area contributed by atoms with Gasteiger partial charge in [0, 0.05) is 28.4 Å². The van der Waals surface area contributed by atoms with Crippen molar-refractivity contribution in [2.75, 3.05) is 13.2 Å². The fourth-order valence-corrected chi connectivity index (χ4v) is 3.64. The molecule has 1 aliphatic carbocycles. The second-order valence-corrected chi connectivity index (χ2v) is 6.18. The first kappa shape index (κ1) is 16.4. The van der Waals surface area contributed by atoms with E-state index in [0.29, 0.717) is 34.1 Å². The van der Waals surface area contributed by atoms with Crippen molar-refractivity contribution in [3.8, 4) is 11.3 Å². The molecule has 3 aromatic rings. The lowest BCUT2D eigenvalue weighted by molar-refractivity contribution is 0.104. The number of carbonyl (C=O) groups is 1. The summed E-state index contributed by atoms with van der Waals surface area (Å²) >= 11 is 0. The summed E-state index contributed by atoms with van der Waals surface area (Å²) in [5, 5.41) is 13.4. The minimum atomic E-state index is -0.535. The van der Waals surface area contributed by atoms with Crippen LogP contribution in [-0.2, 0) is 0 Å². The highest BCUT2D eigenvalue weighted by Crippen LogP contribution is 2.39. The van der Waals surface area contributed by atoms with Gasteiger partial charge in [0.25, 0.3) is 5.56 Å². The minimum Gasteiger partial charge on any atom is -0.395 e. The number of aliphatic hydroxyl groups excluding tert-OH is 1. The van der Waals surface area contributed by atoms with Gasteiger partial charge in [-0.1, -0.05) is 55.1 Å². The molecule has 130 valence electrons. The molecule has 0 bridgehead atoms. The maximum Gasteiger partial charge on any atom is 0.260 e. The van der Waals surface area contributed by atoms with Gasteiger partial charge in [0.05, 0.1) is 17.9 Å². The van der Waals surface area contributed by atoms with Gasteiger partial charge < -0.3 is 5.11 Å². The Balaban J connectivity index is 2.14. The third-order valence-electron chi connectivity index (χ3n) is 4.74. The highest BCUT2D eigenvalue weighted by Gasteiger charge is 2.33. The topological polar surface area (TPSA) is 71.3 Å². The summed E-state index contributed by atoms with van der Waals surface area (Å²) in [7, 11) is 0. The van der Waals surface area contributed by atoms with Crippen molar-refractivity contribution in [3.63, 3.8) is 0 Å². The van der Waals surface area contributed by atoms with Gasteiger partial charge in [-0.2, -0.15) is 0 Å². The van der Waals surface area contributed by atoms with Crippen LogP contribution >= 0.6 is 0 Å². The highest BCUT2D eigenvalue weighted by molar-refractivity contribution is 6.26. The van der Waals surface area contributed by atoms with E-state index in [1.165, 1.54) is 0 Å². The molecule has 0 fully saturated rings. The van der Waals surface area contributed by atoms with Crippen LogP contribution in [-0.4, -0.2) is 28.6 Å². The summed E-state index contributed by atoms with van der Waals surface area (Å²) < 4.78 is 1.57. The van der Waals surface area contributed by atoms with Crippen LogP contribution in [0.2, 0.25) is 0 Å². The normalized spacial score (nSPS) is 13.5. The van der Waals surface area contributed by atoms with Crippen LogP contribution in [0, 0.1) is 0 Å². The van der Waals surface area contributed by atoms with Crippen LogP contribution in [0.5, 0.6) is 0 Å². The van der Waals surface area contributed by atoms with E-state index in [4.69, 9.17) is 5.11 Å². The first-order valence-electron chi connectivity index (χ1n) is 8.47. The average Bonchev–Trinajstić information content (AvgIpc) is 2.97. The lowest BCUT2D eigenvalue weighted by Gasteiger charge is -2.22. The number of fused-ring (bicyclic) bond motifs is 5. The van der Waals surface area contributed by atoms with E-state index in [1.807, 2.05) is 30.3 Å². The largest absolute Gasteiger partial charge is 0.395 e. The molecule has 1 aromatic heterocycles. The zero-order valence-electron chi connectivity index (χ0n) is 14.1. The van der Waals surface area contributed by atoms with E-state index in [1.54, 1.807) is 28.8 Å². The second-order valence-electron chi connectivity index (χ2n) is 6.18. The van der Waals surface area contributed by atoms with Gasteiger partial charge >= 0.3 is 0 Å². The van der Waals surface area contributed by atoms with Gasteiger partial charge in [-0.05, 0) is 6.07 Å². The Kier molecular flexibility index (Phi) is 4.03. The fourth-order valence-electron chi connectivity index (χ4n) is 3.64. The van der Waals surface area contributed by atoms with E-state index in [-0.39, 0.29) is 17.9 Å². The number of ketones is 1. The van der Waals surface area contributed by atoms with Crippen LogP contribution in [0.25, 0.3) is 22.0 Å². The van der Waals surface area contributed by atoms with E-state index in [0.717, 1.165) is 5.56 Å². The Morgan fingerprint density at radius 1 is 1.04 bits per heavy atom. The van der Waals surface area contributed by atoms with E-state index >= 15 is 0 Å². The van der Waals surface area contributed by atoms with Gasteiger partial charge in [0.1, 0.15) is 6.17 Å². The fraction of sp³-hybridized carbons (Fsp3) is 0.143. The van der Waals surface area contributed by atoms with Crippen LogP contribution in [0.3, 0.4) is 0 Å². The van der Waals surface area contributed by atoms with E-state index in [2.05, 4.69) is 11.9 Å². The van der Waals surface area contributed by atoms with Crippen molar-refractivity contribution >= 4 is 16.6 Å². The molecule has 0 radical (unpaired) electrons. The monoisotopic (exact) mass is 346 g/mol. The summed E-state index contributed by atoms with van der Waals surface area (Å²) in [5.74, 6) is -0.0782. The van der Waals surface area contributed by atoms with Crippen molar-refractivity contribution in [3.05, 3.63) is 82.7 Å². The number of aliphatic hydroxyl groups is 1. The summed E-state index contributed by atoms with van der Waals surface area (Å²) in [6, 6.07) is 14.5. The molecular weight excluding hydrogens is 328 g/mol. The quantitative estimate of drug-likeness (QED) is 0.545. The standard InChI is InChI=1S/C21H18N2O3/c1-2-17(22-11-12-24)23-19-14-8-4-5-9-15(14)20(25)18(19)13-7-3-6-10-16(13)21(23)26/h2-10,17,22,24H,1,11-12H2. The Labute approximate surface area is 150 Å². The molecular formula is C21H18N2O3. The molecule has 0 aliphatic heterocycles. The molecule has 5 nitrogen and oxygen atoms in total. The Morgan fingerprint density at radius 2 is 1.69 bits per heavy atom. The van der Waals surface area contributed by atoms with Gasteiger partial charge in [-0.25, -0.2) is 0 Å². The van der Waals surface area contributed by atoms with Crippen molar-refractivity contribution in [2.45, 2.75) is 6.17 Å². The van der Waals surface area contributed by atoms with Gasteiger partial charge in [0.15, 0.2) is 5.78 Å². The third kappa shape index (κ3) is 2.25. The molecule has 2 N–H and O–H groups in total. The number of benzene rings is 2. The van der Waals surface area contributed by atoms with E-state index in [9.17, 15) is 9.59 Å². The Morgan fingerprint density at radius 3 is 2.38 bits per heavy atom. The van der Waals surface area contributed by atoms with Crippen molar-refractivity contribution < 1.29 is 9.90 Å². The number of rotatable bonds is 5. The van der Waals surface area contributed by atoms with Crippen molar-refractivity contribution in [1.29, 1.82) is 0 Å². The molecule has 26 heavy (non-hydrogen) atoms. The second kappa shape index (κ2) is 6.37. The molecule has 1 heterocycles. The van der Waals surface area contributed by atoms with Gasteiger partial charge in [-0.3, -0.25) is 19.5 Å². The first-order valence-corrected chi connectivity index (χ1v) is 8.47. The highest BCUT2D eigenvalue weighted by atomic mass is 16.3. The molecule has 0 spiro atoms. The zero-order valence-corrected chi connectivity index (χ0v) is 14.1. The average molecular weight is 346 g/mol. The molecule has 1 atom stereocenters. The maximum atomic E-state index is 13.3.